The van der Waals surface area contributed by atoms with Gasteiger partial charge in [-0.25, -0.2) is 4.68 Å². The van der Waals surface area contributed by atoms with Crippen molar-refractivity contribution in [1.29, 1.82) is 0 Å². The Labute approximate surface area is 97.9 Å². The van der Waals surface area contributed by atoms with Gasteiger partial charge in [0, 0.05) is 20.3 Å². The number of hydrogen-bond acceptors (Lipinski definition) is 5. The molecule has 2 rings (SSSR count). The summed E-state index contributed by atoms with van der Waals surface area (Å²) in [5, 5.41) is 9.44. The van der Waals surface area contributed by atoms with Gasteiger partial charge >= 0.3 is 0 Å². The molecule has 0 aromatic carbocycles. The average Bonchev–Trinajstić information content (AvgIpc) is 2.75. The summed E-state index contributed by atoms with van der Waals surface area (Å²) in [6.45, 7) is 0. The molecule has 0 radical (unpaired) electrons. The van der Waals surface area contributed by atoms with Gasteiger partial charge in [-0.15, -0.1) is 0 Å². The van der Waals surface area contributed by atoms with Crippen molar-refractivity contribution in [2.75, 3.05) is 17.7 Å². The maximum atomic E-state index is 12.0. The van der Waals surface area contributed by atoms with Crippen molar-refractivity contribution in [1.82, 2.24) is 19.7 Å². The molecule has 0 aliphatic heterocycles. The highest BCUT2D eigenvalue weighted by atomic mass is 16.1. The number of hydrogen-bond donors (Lipinski definition) is 2. The Kier molecular flexibility index (Phi) is 2.99. The highest BCUT2D eigenvalue weighted by molar-refractivity contribution is 6.07. The van der Waals surface area contributed by atoms with Crippen LogP contribution in [0.15, 0.2) is 24.8 Å². The van der Waals surface area contributed by atoms with E-state index in [9.17, 15) is 4.79 Å². The summed E-state index contributed by atoms with van der Waals surface area (Å²) in [7, 11) is 3.43. The molecule has 2 aromatic rings. The lowest BCUT2D eigenvalue weighted by Crippen LogP contribution is -2.17. The normalized spacial score (nSPS) is 10.0. The van der Waals surface area contributed by atoms with Crippen LogP contribution in [0.1, 0.15) is 10.4 Å². The highest BCUT2D eigenvalue weighted by Gasteiger charge is 2.12. The summed E-state index contributed by atoms with van der Waals surface area (Å²) >= 11 is 0. The van der Waals surface area contributed by atoms with E-state index in [1.54, 1.807) is 32.6 Å². The van der Waals surface area contributed by atoms with Gasteiger partial charge in [0.15, 0.2) is 0 Å². The maximum Gasteiger partial charge on any atom is 0.260 e. The minimum Gasteiger partial charge on any atom is -0.386 e. The smallest absolute Gasteiger partial charge is 0.260 e. The Morgan fingerprint density at radius 1 is 1.47 bits per heavy atom. The highest BCUT2D eigenvalue weighted by Crippen LogP contribution is 2.13. The molecule has 0 atom stereocenters. The predicted octanol–water partition coefficient (Wildman–Crippen LogP) is 0.504. The third-order valence-corrected chi connectivity index (χ3v) is 2.27. The molecule has 88 valence electrons. The molecule has 0 spiro atoms. The average molecular weight is 232 g/mol. The zero-order valence-electron chi connectivity index (χ0n) is 9.51. The van der Waals surface area contributed by atoms with Gasteiger partial charge in [-0.3, -0.25) is 15.1 Å². The topological polar surface area (TPSA) is 84.7 Å². The van der Waals surface area contributed by atoms with Crippen LogP contribution in [0, 0.1) is 0 Å². The van der Waals surface area contributed by atoms with E-state index in [0.29, 0.717) is 17.2 Å². The molecule has 17 heavy (non-hydrogen) atoms. The van der Waals surface area contributed by atoms with Crippen molar-refractivity contribution < 1.29 is 4.79 Å². The van der Waals surface area contributed by atoms with Crippen LogP contribution in [0.4, 0.5) is 11.6 Å². The van der Waals surface area contributed by atoms with E-state index in [1.807, 2.05) is 0 Å². The minimum absolute atomic E-state index is 0.257. The second-order valence-corrected chi connectivity index (χ2v) is 3.33. The molecule has 7 heteroatoms. The lowest BCUT2D eigenvalue weighted by Gasteiger charge is -2.08. The third kappa shape index (κ3) is 2.22. The summed E-state index contributed by atoms with van der Waals surface area (Å²) < 4.78 is 1.48. The lowest BCUT2D eigenvalue weighted by atomic mass is 10.2. The van der Waals surface area contributed by atoms with Gasteiger partial charge in [0.05, 0.1) is 17.4 Å². The number of carbonyl (C=O) groups is 1. The number of nitrogens with one attached hydrogen (secondary N) is 2. The van der Waals surface area contributed by atoms with E-state index >= 15 is 0 Å². The second kappa shape index (κ2) is 4.60. The van der Waals surface area contributed by atoms with Crippen molar-refractivity contribution >= 4 is 17.5 Å². The Morgan fingerprint density at radius 3 is 2.94 bits per heavy atom. The molecule has 1 amide bonds. The molecule has 2 aromatic heterocycles. The van der Waals surface area contributed by atoms with E-state index in [2.05, 4.69) is 25.7 Å². The molecule has 2 heterocycles. The number of anilines is 2. The molecule has 0 aliphatic carbocycles. The largest absolute Gasteiger partial charge is 0.386 e. The fourth-order valence-electron chi connectivity index (χ4n) is 1.37. The summed E-state index contributed by atoms with van der Waals surface area (Å²) in [6, 6.07) is 1.64. The quantitative estimate of drug-likeness (QED) is 0.805. The van der Waals surface area contributed by atoms with Gasteiger partial charge in [0.2, 0.25) is 5.95 Å². The van der Waals surface area contributed by atoms with Gasteiger partial charge < -0.3 is 5.32 Å². The molecular formula is C10H12N6O. The standard InChI is InChI=1S/C10H12N6O/c1-11-8-5-12-4-3-7(8)9(17)15-10-13-6-14-16(10)2/h3-6,11H,1-2H3,(H,13,14,15,17). The Morgan fingerprint density at radius 2 is 2.29 bits per heavy atom. The number of amides is 1. The molecule has 0 unspecified atom stereocenters. The van der Waals surface area contributed by atoms with Gasteiger partial charge in [-0.2, -0.15) is 10.1 Å². The van der Waals surface area contributed by atoms with Gasteiger partial charge in [0.25, 0.3) is 5.91 Å². The summed E-state index contributed by atoms with van der Waals surface area (Å²) in [5.41, 5.74) is 1.16. The molecule has 0 fully saturated rings. The van der Waals surface area contributed by atoms with E-state index in [-0.39, 0.29) is 5.91 Å². The molecule has 2 N–H and O–H groups in total. The molecule has 0 bridgehead atoms. The zero-order chi connectivity index (χ0) is 12.3. The first-order chi connectivity index (χ1) is 8.22. The maximum absolute atomic E-state index is 12.0. The molecule has 0 saturated carbocycles. The van der Waals surface area contributed by atoms with E-state index in [1.165, 1.54) is 11.0 Å². The Hall–Kier alpha value is -2.44. The van der Waals surface area contributed by atoms with Crippen molar-refractivity contribution in [3.63, 3.8) is 0 Å². The fraction of sp³-hybridized carbons (Fsp3) is 0.200. The number of nitrogens with zero attached hydrogens (tertiary/aromatic N) is 4. The molecule has 7 nitrogen and oxygen atoms in total. The van der Waals surface area contributed by atoms with Crippen LogP contribution in [0.25, 0.3) is 0 Å². The van der Waals surface area contributed by atoms with E-state index < -0.39 is 0 Å². The number of pyridine rings is 1. The monoisotopic (exact) mass is 232 g/mol. The van der Waals surface area contributed by atoms with Crippen molar-refractivity contribution in [3.05, 3.63) is 30.4 Å². The fourth-order valence-corrected chi connectivity index (χ4v) is 1.37. The molecular weight excluding hydrogens is 220 g/mol. The molecule has 0 saturated heterocycles. The first-order valence-corrected chi connectivity index (χ1v) is 4.99. The van der Waals surface area contributed by atoms with Crippen LogP contribution in [-0.4, -0.2) is 32.7 Å². The van der Waals surface area contributed by atoms with Gasteiger partial charge in [-0.1, -0.05) is 0 Å². The number of carbonyl (C=O) groups excluding carboxylic acids is 1. The molecule has 0 aliphatic rings. The van der Waals surface area contributed by atoms with E-state index in [0.717, 1.165) is 0 Å². The van der Waals surface area contributed by atoms with Crippen LogP contribution in [0.5, 0.6) is 0 Å². The zero-order valence-corrected chi connectivity index (χ0v) is 9.51. The van der Waals surface area contributed by atoms with Gasteiger partial charge in [0.1, 0.15) is 6.33 Å². The van der Waals surface area contributed by atoms with Crippen molar-refractivity contribution in [3.8, 4) is 0 Å². The number of aryl methyl sites for hydroxylation is 1. The summed E-state index contributed by atoms with van der Waals surface area (Å²) in [5.74, 6) is 0.140. The Balaban J connectivity index is 2.23. The summed E-state index contributed by atoms with van der Waals surface area (Å²) in [6.07, 6.45) is 4.53. The van der Waals surface area contributed by atoms with Crippen LogP contribution < -0.4 is 10.6 Å². The SMILES string of the molecule is CNc1cnccc1C(=O)Nc1ncnn1C. The van der Waals surface area contributed by atoms with Crippen LogP contribution in [0.3, 0.4) is 0 Å². The van der Waals surface area contributed by atoms with Crippen LogP contribution in [0.2, 0.25) is 0 Å². The predicted molar refractivity (Wildman–Crippen MR) is 62.7 cm³/mol. The number of rotatable bonds is 3. The van der Waals surface area contributed by atoms with Gasteiger partial charge in [-0.05, 0) is 6.07 Å². The van der Waals surface area contributed by atoms with Crippen LogP contribution in [-0.2, 0) is 7.05 Å². The third-order valence-electron chi connectivity index (χ3n) is 2.27. The van der Waals surface area contributed by atoms with Crippen molar-refractivity contribution in [2.24, 2.45) is 7.05 Å². The van der Waals surface area contributed by atoms with E-state index in [4.69, 9.17) is 0 Å². The Bertz CT molecular complexity index is 535. The second-order valence-electron chi connectivity index (χ2n) is 3.33. The first-order valence-electron chi connectivity index (χ1n) is 4.99. The number of aromatic nitrogens is 4. The summed E-state index contributed by atoms with van der Waals surface area (Å²) in [4.78, 5) is 19.8. The first kappa shape index (κ1) is 11.1. The van der Waals surface area contributed by atoms with Crippen LogP contribution >= 0.6 is 0 Å². The minimum atomic E-state index is -0.257. The van der Waals surface area contributed by atoms with Crippen molar-refractivity contribution in [2.45, 2.75) is 0 Å². The lowest BCUT2D eigenvalue weighted by molar-refractivity contribution is 0.102.